The Morgan fingerprint density at radius 3 is 2.58 bits per heavy atom. The molecule has 1 aromatic carbocycles. The summed E-state index contributed by atoms with van der Waals surface area (Å²) in [4.78, 5) is 35.1. The Hall–Kier alpha value is -3.79. The lowest BCUT2D eigenvalue weighted by Crippen LogP contribution is -2.37. The van der Waals surface area contributed by atoms with Crippen LogP contribution in [0.3, 0.4) is 0 Å². The van der Waals surface area contributed by atoms with Crippen LogP contribution in [0.2, 0.25) is 0 Å². The van der Waals surface area contributed by atoms with Crippen molar-refractivity contribution in [2.45, 2.75) is 13.5 Å². The Morgan fingerprint density at radius 1 is 1.10 bits per heavy atom. The fraction of sp³-hybridized carbons (Fsp3) is 0.286. The highest BCUT2D eigenvalue weighted by molar-refractivity contribution is 5.90. The molecule has 0 saturated carbocycles. The van der Waals surface area contributed by atoms with Crippen LogP contribution in [0, 0.1) is 6.92 Å². The molecule has 0 aliphatic carbocycles. The van der Waals surface area contributed by atoms with Crippen molar-refractivity contribution in [3.05, 3.63) is 64.7 Å². The predicted molar refractivity (Wildman–Crippen MR) is 117 cm³/mol. The van der Waals surface area contributed by atoms with E-state index in [0.717, 1.165) is 29.2 Å². The van der Waals surface area contributed by atoms with E-state index in [1.165, 1.54) is 18.3 Å². The van der Waals surface area contributed by atoms with Crippen LogP contribution in [0.5, 0.6) is 0 Å². The zero-order valence-corrected chi connectivity index (χ0v) is 17.1. The van der Waals surface area contributed by atoms with Gasteiger partial charge in [0.05, 0.1) is 13.2 Å². The second-order valence-electron chi connectivity index (χ2n) is 7.06. The molecular formula is C21H23N7O3. The highest BCUT2D eigenvalue weighted by Crippen LogP contribution is 2.21. The fourth-order valence-electron chi connectivity index (χ4n) is 3.15. The van der Waals surface area contributed by atoms with Gasteiger partial charge in [-0.05, 0) is 37.3 Å². The standard InChI is InChI=1S/C21H23N7O3/c1-15-13-18(26-21(23-15)27-9-11-31-12-10-27)24-16-4-6-17(7-5-16)25-19(29)14-28-20(30)3-2-8-22-28/h2-8,13H,9-12,14H2,1H3,(H,25,29)(H,23,24,26). The molecule has 0 atom stereocenters. The van der Waals surface area contributed by atoms with Crippen LogP contribution in [0.15, 0.2) is 53.5 Å². The van der Waals surface area contributed by atoms with Gasteiger partial charge in [-0.1, -0.05) is 0 Å². The molecule has 4 rings (SSSR count). The van der Waals surface area contributed by atoms with E-state index in [-0.39, 0.29) is 18.0 Å². The highest BCUT2D eigenvalue weighted by Gasteiger charge is 2.15. The van der Waals surface area contributed by atoms with E-state index in [1.807, 2.05) is 25.1 Å². The molecule has 160 valence electrons. The van der Waals surface area contributed by atoms with Crippen LogP contribution in [-0.2, 0) is 16.1 Å². The number of anilines is 4. The van der Waals surface area contributed by atoms with Gasteiger partial charge in [-0.2, -0.15) is 10.1 Å². The number of rotatable bonds is 6. The summed E-state index contributed by atoms with van der Waals surface area (Å²) in [5.74, 6) is 1.04. The molecule has 0 spiro atoms. The number of hydrogen-bond donors (Lipinski definition) is 2. The van der Waals surface area contributed by atoms with Gasteiger partial charge in [-0.3, -0.25) is 9.59 Å². The van der Waals surface area contributed by atoms with E-state index >= 15 is 0 Å². The molecule has 0 bridgehead atoms. The third kappa shape index (κ3) is 5.43. The summed E-state index contributed by atoms with van der Waals surface area (Å²) in [6.45, 7) is 4.65. The van der Waals surface area contributed by atoms with E-state index in [1.54, 1.807) is 12.1 Å². The lowest BCUT2D eigenvalue weighted by molar-refractivity contribution is -0.117. The summed E-state index contributed by atoms with van der Waals surface area (Å²) in [7, 11) is 0. The van der Waals surface area contributed by atoms with Crippen molar-refractivity contribution in [3.8, 4) is 0 Å². The summed E-state index contributed by atoms with van der Waals surface area (Å²) in [6, 6.07) is 12.0. The second-order valence-corrected chi connectivity index (χ2v) is 7.06. The van der Waals surface area contributed by atoms with E-state index in [9.17, 15) is 9.59 Å². The molecule has 31 heavy (non-hydrogen) atoms. The van der Waals surface area contributed by atoms with Gasteiger partial charge in [0, 0.05) is 48.5 Å². The highest BCUT2D eigenvalue weighted by atomic mass is 16.5. The summed E-state index contributed by atoms with van der Waals surface area (Å²) in [5, 5.41) is 9.91. The molecule has 1 aliphatic rings. The van der Waals surface area contributed by atoms with Gasteiger partial charge >= 0.3 is 0 Å². The van der Waals surface area contributed by atoms with Crippen LogP contribution < -0.4 is 21.1 Å². The average molecular weight is 421 g/mol. The SMILES string of the molecule is Cc1cc(Nc2ccc(NC(=O)Cn3ncccc3=O)cc2)nc(N2CCOCC2)n1. The number of benzene rings is 1. The van der Waals surface area contributed by atoms with Crippen molar-refractivity contribution in [2.24, 2.45) is 0 Å². The van der Waals surface area contributed by atoms with Gasteiger partial charge in [0.2, 0.25) is 11.9 Å². The van der Waals surface area contributed by atoms with Crippen molar-refractivity contribution in [3.63, 3.8) is 0 Å². The van der Waals surface area contributed by atoms with Gasteiger partial charge in [0.25, 0.3) is 5.56 Å². The first-order chi connectivity index (χ1) is 15.1. The van der Waals surface area contributed by atoms with Crippen LogP contribution in [0.1, 0.15) is 5.69 Å². The molecule has 0 radical (unpaired) electrons. The molecule has 1 saturated heterocycles. The maximum atomic E-state index is 12.2. The lowest BCUT2D eigenvalue weighted by Gasteiger charge is -2.27. The zero-order valence-electron chi connectivity index (χ0n) is 17.1. The summed E-state index contributed by atoms with van der Waals surface area (Å²) >= 11 is 0. The predicted octanol–water partition coefficient (Wildman–Crippen LogP) is 1.56. The zero-order chi connectivity index (χ0) is 21.6. The third-order valence-electron chi connectivity index (χ3n) is 4.66. The van der Waals surface area contributed by atoms with Crippen molar-refractivity contribution < 1.29 is 9.53 Å². The van der Waals surface area contributed by atoms with Gasteiger partial charge in [-0.15, -0.1) is 0 Å². The minimum Gasteiger partial charge on any atom is -0.378 e. The number of morpholine rings is 1. The summed E-state index contributed by atoms with van der Waals surface area (Å²) < 4.78 is 6.50. The maximum absolute atomic E-state index is 12.2. The smallest absolute Gasteiger partial charge is 0.267 e. The summed E-state index contributed by atoms with van der Waals surface area (Å²) in [5.41, 5.74) is 1.99. The molecule has 10 heteroatoms. The number of aromatic nitrogens is 4. The molecule has 3 heterocycles. The Bertz CT molecular complexity index is 1110. The maximum Gasteiger partial charge on any atom is 0.267 e. The third-order valence-corrected chi connectivity index (χ3v) is 4.66. The van der Waals surface area contributed by atoms with Crippen molar-refractivity contribution in [1.82, 2.24) is 19.7 Å². The van der Waals surface area contributed by atoms with Crippen LogP contribution in [0.25, 0.3) is 0 Å². The minimum absolute atomic E-state index is 0.149. The van der Waals surface area contributed by atoms with Crippen molar-refractivity contribution >= 4 is 29.0 Å². The molecule has 2 N–H and O–H groups in total. The van der Waals surface area contributed by atoms with Crippen molar-refractivity contribution in [1.29, 1.82) is 0 Å². The first kappa shape index (κ1) is 20.5. The molecule has 2 aromatic heterocycles. The van der Waals surface area contributed by atoms with Crippen LogP contribution >= 0.6 is 0 Å². The van der Waals surface area contributed by atoms with E-state index in [4.69, 9.17) is 4.74 Å². The monoisotopic (exact) mass is 421 g/mol. The van der Waals surface area contributed by atoms with Gasteiger partial charge < -0.3 is 20.3 Å². The van der Waals surface area contributed by atoms with Gasteiger partial charge in [0.15, 0.2) is 0 Å². The molecule has 1 aliphatic heterocycles. The molecular weight excluding hydrogens is 398 g/mol. The number of hydrogen-bond acceptors (Lipinski definition) is 8. The van der Waals surface area contributed by atoms with Crippen molar-refractivity contribution in [2.75, 3.05) is 41.8 Å². The van der Waals surface area contributed by atoms with Gasteiger partial charge in [0.1, 0.15) is 12.4 Å². The molecule has 1 fully saturated rings. The van der Waals surface area contributed by atoms with E-state index in [0.29, 0.717) is 30.7 Å². The van der Waals surface area contributed by atoms with Crippen LogP contribution in [-0.4, -0.2) is 52.0 Å². The quantitative estimate of drug-likeness (QED) is 0.616. The Kier molecular flexibility index (Phi) is 6.18. The molecule has 0 unspecified atom stereocenters. The fourth-order valence-corrected chi connectivity index (χ4v) is 3.15. The first-order valence-corrected chi connectivity index (χ1v) is 9.94. The topological polar surface area (TPSA) is 114 Å². The minimum atomic E-state index is -0.330. The van der Waals surface area contributed by atoms with Gasteiger partial charge in [-0.25, -0.2) is 9.67 Å². The second kappa shape index (κ2) is 9.35. The first-order valence-electron chi connectivity index (χ1n) is 9.94. The molecule has 10 nitrogen and oxygen atoms in total. The van der Waals surface area contributed by atoms with E-state index in [2.05, 4.69) is 30.6 Å². The Balaban J connectivity index is 1.39. The van der Waals surface area contributed by atoms with Crippen LogP contribution in [0.4, 0.5) is 23.1 Å². The molecule has 3 aromatic rings. The number of ether oxygens (including phenoxy) is 1. The number of amides is 1. The number of carbonyl (C=O) groups excluding carboxylic acids is 1. The number of carbonyl (C=O) groups is 1. The number of nitrogens with one attached hydrogen (secondary N) is 2. The Labute approximate surface area is 178 Å². The normalized spacial score (nSPS) is 13.6. The summed E-state index contributed by atoms with van der Waals surface area (Å²) in [6.07, 6.45) is 1.47. The molecule has 1 amide bonds. The largest absolute Gasteiger partial charge is 0.378 e. The number of nitrogens with zero attached hydrogens (tertiary/aromatic N) is 5. The number of aryl methyl sites for hydroxylation is 1. The van der Waals surface area contributed by atoms with E-state index < -0.39 is 0 Å². The average Bonchev–Trinajstić information content (AvgIpc) is 2.77. The Morgan fingerprint density at radius 2 is 1.84 bits per heavy atom. The lowest BCUT2D eigenvalue weighted by atomic mass is 10.2.